The van der Waals surface area contributed by atoms with Crippen LogP contribution in [0.1, 0.15) is 63.6 Å². The maximum absolute atomic E-state index is 14.0. The first-order valence-electron chi connectivity index (χ1n) is 18.3. The molecule has 6 rings (SSSR count). The molecule has 1 aliphatic rings. The Balaban J connectivity index is 1.03. The van der Waals surface area contributed by atoms with Crippen molar-refractivity contribution < 1.29 is 42.5 Å². The standard InChI is InChI=1S/C41H44N6O9S/c1-24-15-30(20-32-37(24)45-21-33(40(42)51)38(32)46-26-10-8-11-28(17-26)55-2)57(53,54)29-12-7-9-25(16-29)41(52)44-14-6-4-3-5-13-43-22-35(49)31-18-27(48)19-34-39(31)56-23-36(50)47-34/h7-12,15-21,35,43,48-49H,3-6,13-14,22-23H2,1-2H3,(H2,42,51)(H,44,52)(H,45,46)(H,47,50)/t35-/m0/s1. The number of benzene rings is 4. The molecule has 1 aromatic heterocycles. The second kappa shape index (κ2) is 17.7. The molecule has 2 heterocycles. The average molecular weight is 797 g/mol. The van der Waals surface area contributed by atoms with Gasteiger partial charge in [-0.05, 0) is 80.4 Å². The zero-order valence-corrected chi connectivity index (χ0v) is 32.2. The second-order valence-electron chi connectivity index (χ2n) is 13.6. The number of aliphatic hydroxyl groups excluding tert-OH is 1. The number of phenols is 1. The lowest BCUT2D eigenvalue weighted by molar-refractivity contribution is -0.118. The Bertz CT molecular complexity index is 2440. The lowest BCUT2D eigenvalue weighted by atomic mass is 10.0. The molecule has 8 N–H and O–H groups in total. The smallest absolute Gasteiger partial charge is 0.262 e. The molecular formula is C41H44N6O9S. The molecule has 15 nitrogen and oxygen atoms in total. The first-order valence-corrected chi connectivity index (χ1v) is 19.8. The molecule has 5 aromatic rings. The molecular weight excluding hydrogens is 753 g/mol. The van der Waals surface area contributed by atoms with Gasteiger partial charge in [0.15, 0.2) is 6.61 Å². The van der Waals surface area contributed by atoms with Crippen LogP contribution < -0.4 is 36.5 Å². The van der Waals surface area contributed by atoms with E-state index in [1.165, 1.54) is 55.8 Å². The van der Waals surface area contributed by atoms with Crippen LogP contribution >= 0.6 is 0 Å². The Morgan fingerprint density at radius 1 is 1.00 bits per heavy atom. The number of aryl methyl sites for hydroxylation is 1. The lowest BCUT2D eigenvalue weighted by Gasteiger charge is -2.23. The number of anilines is 3. The van der Waals surface area contributed by atoms with Crippen molar-refractivity contribution in [3.05, 3.63) is 101 Å². The van der Waals surface area contributed by atoms with Crippen molar-refractivity contribution in [3.63, 3.8) is 0 Å². The molecule has 298 valence electrons. The van der Waals surface area contributed by atoms with Gasteiger partial charge in [-0.15, -0.1) is 0 Å². The number of nitrogens with two attached hydrogens (primary N) is 1. The largest absolute Gasteiger partial charge is 0.508 e. The van der Waals surface area contributed by atoms with Crippen LogP contribution in [0.4, 0.5) is 17.1 Å². The maximum atomic E-state index is 14.0. The molecule has 4 aromatic carbocycles. The number of phenolic OH excluding ortho intramolecular Hbond substituents is 1. The zero-order valence-electron chi connectivity index (χ0n) is 31.4. The van der Waals surface area contributed by atoms with E-state index in [4.69, 9.17) is 15.2 Å². The third-order valence-electron chi connectivity index (χ3n) is 9.44. The Morgan fingerprint density at radius 3 is 2.54 bits per heavy atom. The Hall–Kier alpha value is -6.23. The molecule has 0 saturated carbocycles. The van der Waals surface area contributed by atoms with Gasteiger partial charge in [-0.1, -0.05) is 25.0 Å². The van der Waals surface area contributed by atoms with Crippen molar-refractivity contribution in [1.29, 1.82) is 0 Å². The number of amides is 3. The summed E-state index contributed by atoms with van der Waals surface area (Å²) in [6.07, 6.45) is 3.60. The quantitative estimate of drug-likeness (QED) is 0.0625. The minimum absolute atomic E-state index is 0.0477. The summed E-state index contributed by atoms with van der Waals surface area (Å²) in [5, 5.41) is 32.9. The van der Waals surface area contributed by atoms with Gasteiger partial charge in [0, 0.05) is 53.6 Å². The summed E-state index contributed by atoms with van der Waals surface area (Å²) in [5.74, 6) is -0.676. The number of ether oxygens (including phenoxy) is 2. The lowest BCUT2D eigenvalue weighted by Crippen LogP contribution is -2.28. The number of hydrogen-bond acceptors (Lipinski definition) is 12. The van der Waals surface area contributed by atoms with Crippen LogP contribution in [0.5, 0.6) is 17.2 Å². The van der Waals surface area contributed by atoms with Crippen molar-refractivity contribution in [3.8, 4) is 17.2 Å². The molecule has 0 spiro atoms. The van der Waals surface area contributed by atoms with Gasteiger partial charge in [-0.3, -0.25) is 19.4 Å². The number of aliphatic hydroxyl groups is 1. The number of aromatic hydroxyl groups is 1. The summed E-state index contributed by atoms with van der Waals surface area (Å²) in [7, 11) is -2.61. The predicted octanol–water partition coefficient (Wildman–Crippen LogP) is 4.88. The topological polar surface area (TPSA) is 231 Å². The second-order valence-corrected chi connectivity index (χ2v) is 15.5. The molecule has 0 fully saturated rings. The molecule has 0 bridgehead atoms. The van der Waals surface area contributed by atoms with Gasteiger partial charge in [0.2, 0.25) is 9.84 Å². The summed E-state index contributed by atoms with van der Waals surface area (Å²) in [4.78, 5) is 41.5. The average Bonchev–Trinajstić information content (AvgIpc) is 3.19. The van der Waals surface area contributed by atoms with Gasteiger partial charge in [-0.2, -0.15) is 0 Å². The number of hydrogen-bond donors (Lipinski definition) is 7. The summed E-state index contributed by atoms with van der Waals surface area (Å²) in [6.45, 7) is 2.79. The van der Waals surface area contributed by atoms with Gasteiger partial charge in [-0.25, -0.2) is 8.42 Å². The molecule has 57 heavy (non-hydrogen) atoms. The van der Waals surface area contributed by atoms with Crippen molar-refractivity contribution in [2.75, 3.05) is 44.0 Å². The van der Waals surface area contributed by atoms with Crippen LogP contribution in [-0.4, -0.2) is 74.7 Å². The normalized spacial score (nSPS) is 12.9. The molecule has 0 aliphatic carbocycles. The number of rotatable bonds is 17. The molecule has 16 heteroatoms. The molecule has 0 unspecified atom stereocenters. The van der Waals surface area contributed by atoms with Crippen molar-refractivity contribution in [1.82, 2.24) is 15.6 Å². The van der Waals surface area contributed by atoms with Gasteiger partial charge < -0.3 is 46.7 Å². The molecule has 0 saturated heterocycles. The van der Waals surface area contributed by atoms with E-state index in [0.29, 0.717) is 70.1 Å². The van der Waals surface area contributed by atoms with E-state index in [2.05, 4.69) is 26.3 Å². The van der Waals surface area contributed by atoms with Crippen LogP contribution in [0.3, 0.4) is 0 Å². The monoisotopic (exact) mass is 796 g/mol. The number of methoxy groups -OCH3 is 1. The van der Waals surface area contributed by atoms with Crippen LogP contribution in [0.25, 0.3) is 10.9 Å². The van der Waals surface area contributed by atoms with E-state index < -0.39 is 27.8 Å². The third kappa shape index (κ3) is 9.43. The number of primary amides is 1. The summed E-state index contributed by atoms with van der Waals surface area (Å²) >= 11 is 0. The fourth-order valence-corrected chi connectivity index (χ4v) is 7.97. The molecule has 0 radical (unpaired) electrons. The van der Waals surface area contributed by atoms with Gasteiger partial charge in [0.05, 0.1) is 45.5 Å². The zero-order chi connectivity index (χ0) is 40.7. The minimum Gasteiger partial charge on any atom is -0.508 e. The van der Waals surface area contributed by atoms with Crippen LogP contribution in [0.2, 0.25) is 0 Å². The van der Waals surface area contributed by atoms with Crippen LogP contribution in [0.15, 0.2) is 88.8 Å². The number of nitrogens with zero attached hydrogens (tertiary/aromatic N) is 1. The summed E-state index contributed by atoms with van der Waals surface area (Å²) < 4.78 is 38.9. The maximum Gasteiger partial charge on any atom is 0.262 e. The number of nitrogens with one attached hydrogen (secondary N) is 4. The van der Waals surface area contributed by atoms with Crippen molar-refractivity contribution in [2.24, 2.45) is 5.73 Å². The number of aromatic nitrogens is 1. The van der Waals surface area contributed by atoms with E-state index >= 15 is 0 Å². The predicted molar refractivity (Wildman–Crippen MR) is 214 cm³/mol. The van der Waals surface area contributed by atoms with E-state index in [0.717, 1.165) is 19.3 Å². The van der Waals surface area contributed by atoms with Gasteiger partial charge >= 0.3 is 0 Å². The number of unbranched alkanes of at least 4 members (excludes halogenated alkanes) is 3. The fraction of sp³-hybridized carbons (Fsp3) is 0.268. The Labute approximate surface area is 329 Å². The van der Waals surface area contributed by atoms with Crippen molar-refractivity contribution in [2.45, 2.75) is 48.5 Å². The number of pyridine rings is 1. The van der Waals surface area contributed by atoms with Gasteiger partial charge in [0.1, 0.15) is 17.2 Å². The first kappa shape index (κ1) is 40.4. The third-order valence-corrected chi connectivity index (χ3v) is 11.2. The highest BCUT2D eigenvalue weighted by Gasteiger charge is 2.25. The minimum atomic E-state index is -4.14. The number of carbonyl (C=O) groups excluding carboxylic acids is 3. The van der Waals surface area contributed by atoms with E-state index in [9.17, 15) is 33.0 Å². The highest BCUT2D eigenvalue weighted by molar-refractivity contribution is 7.91. The summed E-state index contributed by atoms with van der Waals surface area (Å²) in [6, 6.07) is 18.6. The SMILES string of the molecule is COc1cccc(Nc2c(C(N)=O)cnc3c(C)cc(S(=O)(=O)c4cccc(C(=O)NCCCCCCNC[C@H](O)c5cc(O)cc6c5OCC(=O)N6)c4)cc23)c1. The first-order chi connectivity index (χ1) is 27.3. The van der Waals surface area contributed by atoms with Crippen molar-refractivity contribution >= 4 is 55.5 Å². The highest BCUT2D eigenvalue weighted by Crippen LogP contribution is 2.39. The Kier molecular flexibility index (Phi) is 12.6. The number of carbonyl (C=O) groups is 3. The van der Waals surface area contributed by atoms with Gasteiger partial charge in [0.25, 0.3) is 17.7 Å². The molecule has 3 amide bonds. The van der Waals surface area contributed by atoms with Crippen LogP contribution in [-0.2, 0) is 14.6 Å². The van der Waals surface area contributed by atoms with Crippen LogP contribution in [0, 0.1) is 6.92 Å². The number of sulfone groups is 1. The molecule has 1 atom stereocenters. The fourth-order valence-electron chi connectivity index (χ4n) is 6.55. The van der Waals surface area contributed by atoms with E-state index in [-0.39, 0.29) is 45.7 Å². The van der Waals surface area contributed by atoms with E-state index in [1.54, 1.807) is 37.3 Å². The summed E-state index contributed by atoms with van der Waals surface area (Å²) in [5.41, 5.74) is 8.57. The Morgan fingerprint density at radius 2 is 1.77 bits per heavy atom. The molecule has 1 aliphatic heterocycles. The highest BCUT2D eigenvalue weighted by atomic mass is 32.2. The number of fused-ring (bicyclic) bond motifs is 2. The van der Waals surface area contributed by atoms with E-state index in [1.807, 2.05) is 0 Å².